The first-order chi connectivity index (χ1) is 13.1. The van der Waals surface area contributed by atoms with Gasteiger partial charge in [-0.1, -0.05) is 44.2 Å². The van der Waals surface area contributed by atoms with Crippen molar-refractivity contribution in [3.63, 3.8) is 0 Å². The number of halogens is 1. The van der Waals surface area contributed by atoms with E-state index in [-0.39, 0.29) is 41.6 Å². The summed E-state index contributed by atoms with van der Waals surface area (Å²) in [6, 6.07) is 10.7. The van der Waals surface area contributed by atoms with E-state index in [0.717, 1.165) is 64.6 Å². The molecule has 2 heterocycles. The second kappa shape index (κ2) is 11.4. The third kappa shape index (κ3) is 6.88. The van der Waals surface area contributed by atoms with Crippen LogP contribution in [0.5, 0.6) is 0 Å². The molecule has 1 aromatic carbocycles. The molecule has 2 unspecified atom stereocenters. The van der Waals surface area contributed by atoms with Gasteiger partial charge in [0.25, 0.3) is 0 Å². The molecular formula is C22H36IN3O2. The molecule has 0 radical (unpaired) electrons. The minimum atomic E-state index is 0. The van der Waals surface area contributed by atoms with Crippen molar-refractivity contribution < 1.29 is 9.47 Å². The normalized spacial score (nSPS) is 23.4. The lowest BCUT2D eigenvalue weighted by Crippen LogP contribution is -2.53. The number of aliphatic imine (C=N–C) groups is 1. The largest absolute Gasteiger partial charge is 0.375 e. The smallest absolute Gasteiger partial charge is 0.194 e. The third-order valence-electron chi connectivity index (χ3n) is 5.29. The molecule has 1 N–H and O–H groups in total. The molecule has 1 aromatic rings. The average Bonchev–Trinajstić information content (AvgIpc) is 3.20. The Morgan fingerprint density at radius 1 is 1.18 bits per heavy atom. The van der Waals surface area contributed by atoms with Crippen LogP contribution < -0.4 is 5.32 Å². The standard InChI is InChI=1S/C22H35N3O2.HI/c1-4-23-21(24-17-22(2,3)15-18-9-6-5-7-10-18)25-12-14-27-20(16-25)19-11-8-13-26-19;/h5-7,9-10,19-20H,4,8,11-17H2,1-3H3,(H,23,24);1H. The van der Waals surface area contributed by atoms with Crippen LogP contribution in [-0.2, 0) is 15.9 Å². The average molecular weight is 501 g/mol. The van der Waals surface area contributed by atoms with Crippen molar-refractivity contribution in [3.05, 3.63) is 35.9 Å². The molecule has 0 aromatic heterocycles. The number of rotatable bonds is 6. The van der Waals surface area contributed by atoms with Crippen LogP contribution in [0.4, 0.5) is 0 Å². The Bertz CT molecular complexity index is 603. The van der Waals surface area contributed by atoms with Gasteiger partial charge < -0.3 is 19.7 Å². The molecule has 2 aliphatic heterocycles. The molecule has 0 aliphatic carbocycles. The van der Waals surface area contributed by atoms with Crippen LogP contribution in [0.15, 0.2) is 35.3 Å². The Labute approximate surface area is 187 Å². The zero-order valence-electron chi connectivity index (χ0n) is 17.5. The Balaban J connectivity index is 0.00000280. The zero-order valence-corrected chi connectivity index (χ0v) is 19.9. The van der Waals surface area contributed by atoms with Crippen LogP contribution in [0.1, 0.15) is 39.2 Å². The van der Waals surface area contributed by atoms with E-state index in [0.29, 0.717) is 0 Å². The third-order valence-corrected chi connectivity index (χ3v) is 5.29. The van der Waals surface area contributed by atoms with Crippen molar-refractivity contribution in [2.45, 2.75) is 52.2 Å². The van der Waals surface area contributed by atoms with E-state index < -0.39 is 0 Å². The highest BCUT2D eigenvalue weighted by atomic mass is 127. The summed E-state index contributed by atoms with van der Waals surface area (Å²) in [5.41, 5.74) is 1.48. The van der Waals surface area contributed by atoms with Crippen LogP contribution in [-0.4, -0.2) is 62.5 Å². The Kier molecular flexibility index (Phi) is 9.50. The number of nitrogens with zero attached hydrogens (tertiary/aromatic N) is 2. The predicted octanol–water partition coefficient (Wildman–Crippen LogP) is 3.72. The monoisotopic (exact) mass is 501 g/mol. The fraction of sp³-hybridized carbons (Fsp3) is 0.682. The van der Waals surface area contributed by atoms with E-state index >= 15 is 0 Å². The van der Waals surface area contributed by atoms with Gasteiger partial charge in [0.2, 0.25) is 0 Å². The number of nitrogens with one attached hydrogen (secondary N) is 1. The van der Waals surface area contributed by atoms with E-state index in [1.165, 1.54) is 5.56 Å². The summed E-state index contributed by atoms with van der Waals surface area (Å²) < 4.78 is 11.8. The van der Waals surface area contributed by atoms with Crippen molar-refractivity contribution in [1.82, 2.24) is 10.2 Å². The molecule has 2 fully saturated rings. The molecule has 0 bridgehead atoms. The fourth-order valence-electron chi connectivity index (χ4n) is 3.91. The van der Waals surface area contributed by atoms with Gasteiger partial charge in [0.15, 0.2) is 5.96 Å². The van der Waals surface area contributed by atoms with Crippen molar-refractivity contribution in [2.75, 3.05) is 39.4 Å². The highest BCUT2D eigenvalue weighted by Gasteiger charge is 2.32. The van der Waals surface area contributed by atoms with E-state index in [1.54, 1.807) is 0 Å². The Hall–Kier alpha value is -0.860. The van der Waals surface area contributed by atoms with Crippen molar-refractivity contribution in [3.8, 4) is 0 Å². The molecule has 5 nitrogen and oxygen atoms in total. The summed E-state index contributed by atoms with van der Waals surface area (Å²) in [4.78, 5) is 7.35. The molecule has 6 heteroatoms. The summed E-state index contributed by atoms with van der Waals surface area (Å²) in [6.07, 6.45) is 3.67. The quantitative estimate of drug-likeness (QED) is 0.367. The molecule has 158 valence electrons. The lowest BCUT2D eigenvalue weighted by atomic mass is 9.86. The molecule has 2 saturated heterocycles. The molecular weight excluding hydrogens is 465 g/mol. The summed E-state index contributed by atoms with van der Waals surface area (Å²) in [7, 11) is 0. The second-order valence-electron chi connectivity index (χ2n) is 8.40. The topological polar surface area (TPSA) is 46.1 Å². The SMILES string of the molecule is CCNC(=NCC(C)(C)Cc1ccccc1)N1CCOC(C2CCCO2)C1.I. The molecule has 0 saturated carbocycles. The fourth-order valence-corrected chi connectivity index (χ4v) is 3.91. The first-order valence-corrected chi connectivity index (χ1v) is 10.4. The molecule has 0 amide bonds. The predicted molar refractivity (Wildman–Crippen MR) is 126 cm³/mol. The molecule has 0 spiro atoms. The molecule has 28 heavy (non-hydrogen) atoms. The van der Waals surface area contributed by atoms with E-state index in [4.69, 9.17) is 14.5 Å². The number of benzene rings is 1. The Morgan fingerprint density at radius 2 is 1.93 bits per heavy atom. The van der Waals surface area contributed by atoms with Gasteiger partial charge in [0.05, 0.1) is 12.7 Å². The van der Waals surface area contributed by atoms with E-state index in [1.807, 2.05) is 0 Å². The minimum absolute atomic E-state index is 0. The highest BCUT2D eigenvalue weighted by molar-refractivity contribution is 14.0. The number of morpholine rings is 1. The minimum Gasteiger partial charge on any atom is -0.375 e. The van der Waals surface area contributed by atoms with Crippen molar-refractivity contribution in [1.29, 1.82) is 0 Å². The maximum Gasteiger partial charge on any atom is 0.194 e. The molecule has 2 aliphatic rings. The van der Waals surface area contributed by atoms with E-state index in [9.17, 15) is 0 Å². The number of hydrogen-bond acceptors (Lipinski definition) is 3. The number of hydrogen-bond donors (Lipinski definition) is 1. The van der Waals surface area contributed by atoms with Crippen molar-refractivity contribution >= 4 is 29.9 Å². The first-order valence-electron chi connectivity index (χ1n) is 10.4. The van der Waals surface area contributed by atoms with Gasteiger partial charge in [-0.2, -0.15) is 0 Å². The van der Waals surface area contributed by atoms with Crippen LogP contribution in [0.25, 0.3) is 0 Å². The highest BCUT2D eigenvalue weighted by Crippen LogP contribution is 2.23. The van der Waals surface area contributed by atoms with Gasteiger partial charge >= 0.3 is 0 Å². The second-order valence-corrected chi connectivity index (χ2v) is 8.40. The lowest BCUT2D eigenvalue weighted by Gasteiger charge is -2.37. The van der Waals surface area contributed by atoms with Gasteiger partial charge in [-0.05, 0) is 37.2 Å². The van der Waals surface area contributed by atoms with Crippen LogP contribution in [0, 0.1) is 5.41 Å². The van der Waals surface area contributed by atoms with Crippen LogP contribution in [0.2, 0.25) is 0 Å². The van der Waals surface area contributed by atoms with Gasteiger partial charge in [-0.15, -0.1) is 24.0 Å². The van der Waals surface area contributed by atoms with Gasteiger partial charge in [0.1, 0.15) is 6.10 Å². The summed E-state index contributed by atoms with van der Waals surface area (Å²) >= 11 is 0. The van der Waals surface area contributed by atoms with Gasteiger partial charge in [-0.25, -0.2) is 0 Å². The summed E-state index contributed by atoms with van der Waals surface area (Å²) in [6.45, 7) is 11.7. The molecule has 3 rings (SSSR count). The van der Waals surface area contributed by atoms with Crippen molar-refractivity contribution in [2.24, 2.45) is 10.4 Å². The summed E-state index contributed by atoms with van der Waals surface area (Å²) in [5, 5.41) is 3.48. The van der Waals surface area contributed by atoms with Gasteiger partial charge in [0, 0.05) is 32.8 Å². The molecule has 2 atom stereocenters. The maximum absolute atomic E-state index is 6.00. The van der Waals surface area contributed by atoms with Crippen LogP contribution >= 0.6 is 24.0 Å². The lowest BCUT2D eigenvalue weighted by molar-refractivity contribution is -0.0817. The number of ether oxygens (including phenoxy) is 2. The summed E-state index contributed by atoms with van der Waals surface area (Å²) in [5.74, 6) is 1.00. The zero-order chi connectivity index (χ0) is 19.1. The van der Waals surface area contributed by atoms with Crippen LogP contribution in [0.3, 0.4) is 0 Å². The Morgan fingerprint density at radius 3 is 2.61 bits per heavy atom. The van der Waals surface area contributed by atoms with Gasteiger partial charge in [-0.3, -0.25) is 4.99 Å². The maximum atomic E-state index is 6.00. The van der Waals surface area contributed by atoms with E-state index in [2.05, 4.69) is 61.3 Å². The first kappa shape index (κ1) is 23.4. The number of guanidine groups is 1.